The second kappa shape index (κ2) is 4.39. The maximum atomic E-state index is 11.1. The van der Waals surface area contributed by atoms with Crippen LogP contribution in [-0.2, 0) is 4.79 Å². The first-order chi connectivity index (χ1) is 6.11. The molecule has 0 spiro atoms. The highest BCUT2D eigenvalue weighted by Crippen LogP contribution is 2.23. The molecule has 4 heteroatoms. The van der Waals surface area contributed by atoms with Crippen LogP contribution in [-0.4, -0.2) is 12.0 Å². The third kappa shape index (κ3) is 2.82. The summed E-state index contributed by atoms with van der Waals surface area (Å²) in [6.45, 7) is 1.58. The minimum absolute atomic E-state index is 0.438. The van der Waals surface area contributed by atoms with Crippen molar-refractivity contribution in [2.45, 2.75) is 13.0 Å². The average Bonchev–Trinajstić information content (AvgIpc) is 2.08. The molecule has 0 aliphatic rings. The van der Waals surface area contributed by atoms with E-state index < -0.39 is 12.0 Å². The number of benzene rings is 1. The predicted octanol–water partition coefficient (Wildman–Crippen LogP) is 1.70. The van der Waals surface area contributed by atoms with Crippen molar-refractivity contribution in [3.05, 3.63) is 28.7 Å². The fraction of sp³-hybridized carbons (Fsp3) is 0.222. The second-order valence-electron chi connectivity index (χ2n) is 2.64. The van der Waals surface area contributed by atoms with E-state index in [1.165, 1.54) is 0 Å². The molecule has 0 bridgehead atoms. The van der Waals surface area contributed by atoms with Crippen LogP contribution in [0.1, 0.15) is 6.92 Å². The Bertz CT molecular complexity index is 312. The molecule has 0 unspecified atom stereocenters. The zero-order valence-electron chi connectivity index (χ0n) is 7.16. The summed E-state index contributed by atoms with van der Waals surface area (Å²) in [7, 11) is 0. The molecule has 1 atom stereocenters. The Morgan fingerprint density at radius 2 is 2.15 bits per heavy atom. The van der Waals surface area contributed by atoms with E-state index in [4.69, 9.17) is 10.5 Å². The van der Waals surface area contributed by atoms with Crippen molar-refractivity contribution in [3.8, 4) is 5.75 Å². The molecule has 0 radical (unpaired) electrons. The van der Waals surface area contributed by atoms with E-state index in [-0.39, 0.29) is 0 Å². The number of nitrogens with two attached hydrogens (primary N) is 1. The van der Waals surface area contributed by atoms with Gasteiger partial charge in [-0.2, -0.15) is 0 Å². The minimum atomic E-state index is -0.605. The third-order valence-corrected chi connectivity index (χ3v) is 2.07. The summed E-state index contributed by atoms with van der Waals surface area (Å²) in [5.41, 5.74) is 5.34. The van der Waals surface area contributed by atoms with Gasteiger partial charge in [0.2, 0.25) is 0 Å². The van der Waals surface area contributed by atoms with Gasteiger partial charge in [0.15, 0.2) is 0 Å². The van der Waals surface area contributed by atoms with Crippen molar-refractivity contribution in [2.75, 3.05) is 0 Å². The summed E-state index contributed by atoms with van der Waals surface area (Å²) in [6.07, 6.45) is 0. The van der Waals surface area contributed by atoms with Crippen molar-refractivity contribution in [2.24, 2.45) is 5.73 Å². The molecule has 0 heterocycles. The van der Waals surface area contributed by atoms with E-state index in [2.05, 4.69) is 15.9 Å². The van der Waals surface area contributed by atoms with Crippen LogP contribution in [0.2, 0.25) is 0 Å². The fourth-order valence-electron chi connectivity index (χ4n) is 0.729. The monoisotopic (exact) mass is 243 g/mol. The first-order valence-electron chi connectivity index (χ1n) is 3.83. The summed E-state index contributed by atoms with van der Waals surface area (Å²) in [5, 5.41) is 0. The van der Waals surface area contributed by atoms with E-state index in [1.54, 1.807) is 25.1 Å². The number of halogens is 1. The number of hydrogen-bond acceptors (Lipinski definition) is 3. The summed E-state index contributed by atoms with van der Waals surface area (Å²) >= 11 is 3.26. The Kier molecular flexibility index (Phi) is 3.45. The molecule has 0 aliphatic carbocycles. The normalized spacial score (nSPS) is 12.2. The lowest BCUT2D eigenvalue weighted by Gasteiger charge is -2.07. The Balaban J connectivity index is 2.75. The highest BCUT2D eigenvalue weighted by Gasteiger charge is 2.11. The van der Waals surface area contributed by atoms with Gasteiger partial charge in [-0.15, -0.1) is 0 Å². The number of ether oxygens (including phenoxy) is 1. The first kappa shape index (κ1) is 10.2. The van der Waals surface area contributed by atoms with Gasteiger partial charge in [0.25, 0.3) is 0 Å². The number of esters is 1. The number of hydrogen-bond donors (Lipinski definition) is 1. The zero-order valence-corrected chi connectivity index (χ0v) is 8.74. The molecule has 70 valence electrons. The number of para-hydroxylation sites is 1. The van der Waals surface area contributed by atoms with Gasteiger partial charge in [-0.25, -0.2) is 4.79 Å². The molecule has 2 N–H and O–H groups in total. The zero-order chi connectivity index (χ0) is 9.84. The average molecular weight is 244 g/mol. The molecule has 1 aromatic rings. The second-order valence-corrected chi connectivity index (χ2v) is 3.49. The van der Waals surface area contributed by atoms with Gasteiger partial charge in [0.05, 0.1) is 4.47 Å². The molecule has 0 saturated heterocycles. The predicted molar refractivity (Wildman–Crippen MR) is 53.4 cm³/mol. The molecule has 0 saturated carbocycles. The van der Waals surface area contributed by atoms with E-state index in [9.17, 15) is 4.79 Å². The van der Waals surface area contributed by atoms with Gasteiger partial charge in [-0.05, 0) is 35.0 Å². The number of carbonyl (C=O) groups excluding carboxylic acids is 1. The molecule has 13 heavy (non-hydrogen) atoms. The number of rotatable bonds is 2. The van der Waals surface area contributed by atoms with Gasteiger partial charge >= 0.3 is 5.97 Å². The van der Waals surface area contributed by atoms with Gasteiger partial charge in [-0.3, -0.25) is 0 Å². The van der Waals surface area contributed by atoms with Gasteiger partial charge in [0.1, 0.15) is 11.8 Å². The summed E-state index contributed by atoms with van der Waals surface area (Å²) in [6, 6.07) is 6.52. The Morgan fingerprint density at radius 3 is 2.69 bits per heavy atom. The Hall–Kier alpha value is -0.870. The Morgan fingerprint density at radius 1 is 1.54 bits per heavy atom. The van der Waals surface area contributed by atoms with Crippen LogP contribution in [0.3, 0.4) is 0 Å². The van der Waals surface area contributed by atoms with E-state index in [0.717, 1.165) is 4.47 Å². The van der Waals surface area contributed by atoms with Crippen molar-refractivity contribution in [1.29, 1.82) is 0 Å². The lowest BCUT2D eigenvalue weighted by atomic mass is 10.3. The summed E-state index contributed by atoms with van der Waals surface area (Å²) in [5.74, 6) is 0.0525. The highest BCUT2D eigenvalue weighted by atomic mass is 79.9. The summed E-state index contributed by atoms with van der Waals surface area (Å²) in [4.78, 5) is 11.1. The number of carbonyl (C=O) groups is 1. The van der Waals surface area contributed by atoms with Crippen molar-refractivity contribution >= 4 is 21.9 Å². The van der Waals surface area contributed by atoms with E-state index in [0.29, 0.717) is 5.75 Å². The fourth-order valence-corrected chi connectivity index (χ4v) is 1.09. The van der Waals surface area contributed by atoms with E-state index in [1.807, 2.05) is 6.07 Å². The minimum Gasteiger partial charge on any atom is -0.424 e. The van der Waals surface area contributed by atoms with Crippen LogP contribution >= 0.6 is 15.9 Å². The van der Waals surface area contributed by atoms with Crippen molar-refractivity contribution in [1.82, 2.24) is 0 Å². The quantitative estimate of drug-likeness (QED) is 0.636. The summed E-state index contributed by atoms with van der Waals surface area (Å²) < 4.78 is 5.74. The molecule has 0 amide bonds. The van der Waals surface area contributed by atoms with Crippen LogP contribution in [0, 0.1) is 0 Å². The maximum Gasteiger partial charge on any atom is 0.328 e. The molecule has 0 fully saturated rings. The Labute approximate surface area is 85.0 Å². The largest absolute Gasteiger partial charge is 0.424 e. The SMILES string of the molecule is C[C@H](N)C(=O)Oc1ccccc1Br. The van der Waals surface area contributed by atoms with Gasteiger partial charge in [0, 0.05) is 0 Å². The topological polar surface area (TPSA) is 52.3 Å². The molecule has 0 aliphatic heterocycles. The van der Waals surface area contributed by atoms with Crippen LogP contribution in [0.25, 0.3) is 0 Å². The molecule has 1 rings (SSSR count). The lowest BCUT2D eigenvalue weighted by Crippen LogP contribution is -2.30. The molecule has 0 aromatic heterocycles. The lowest BCUT2D eigenvalue weighted by molar-refractivity contribution is -0.135. The molecule has 1 aromatic carbocycles. The van der Waals surface area contributed by atoms with Crippen LogP contribution in [0.5, 0.6) is 5.75 Å². The standard InChI is InChI=1S/C9H10BrNO2/c1-6(11)9(12)13-8-5-3-2-4-7(8)10/h2-6H,11H2,1H3/t6-/m0/s1. The van der Waals surface area contributed by atoms with Gasteiger partial charge in [-0.1, -0.05) is 12.1 Å². The van der Waals surface area contributed by atoms with Crippen molar-refractivity contribution < 1.29 is 9.53 Å². The maximum absolute atomic E-state index is 11.1. The molecular formula is C9H10BrNO2. The first-order valence-corrected chi connectivity index (χ1v) is 4.62. The smallest absolute Gasteiger partial charge is 0.328 e. The molecule has 3 nitrogen and oxygen atoms in total. The highest BCUT2D eigenvalue weighted by molar-refractivity contribution is 9.10. The molecular weight excluding hydrogens is 234 g/mol. The van der Waals surface area contributed by atoms with E-state index >= 15 is 0 Å². The van der Waals surface area contributed by atoms with Crippen LogP contribution in [0.4, 0.5) is 0 Å². The van der Waals surface area contributed by atoms with Crippen molar-refractivity contribution in [3.63, 3.8) is 0 Å². The van der Waals surface area contributed by atoms with Crippen LogP contribution < -0.4 is 10.5 Å². The third-order valence-electron chi connectivity index (χ3n) is 1.42. The van der Waals surface area contributed by atoms with Crippen LogP contribution in [0.15, 0.2) is 28.7 Å². The van der Waals surface area contributed by atoms with Gasteiger partial charge < -0.3 is 10.5 Å².